The summed E-state index contributed by atoms with van der Waals surface area (Å²) in [6.07, 6.45) is 5.49. The number of piperidine rings is 1. The fourth-order valence-corrected chi connectivity index (χ4v) is 4.07. The van der Waals surface area contributed by atoms with Gasteiger partial charge in [0.2, 0.25) is 5.88 Å². The zero-order valence-corrected chi connectivity index (χ0v) is 17.7. The predicted molar refractivity (Wildman–Crippen MR) is 124 cm³/mol. The van der Waals surface area contributed by atoms with Crippen molar-refractivity contribution in [3.8, 4) is 5.88 Å². The Balaban J connectivity index is 1.17. The third-order valence-electron chi connectivity index (χ3n) is 5.70. The number of H-pyrrole nitrogens is 1. The summed E-state index contributed by atoms with van der Waals surface area (Å²) in [7, 11) is 0. The van der Waals surface area contributed by atoms with Crippen molar-refractivity contribution in [2.24, 2.45) is 0 Å². The van der Waals surface area contributed by atoms with E-state index in [1.807, 2.05) is 24.3 Å². The van der Waals surface area contributed by atoms with Gasteiger partial charge in [-0.25, -0.2) is 4.98 Å². The summed E-state index contributed by atoms with van der Waals surface area (Å²) in [5.41, 5.74) is 3.44. The van der Waals surface area contributed by atoms with E-state index in [-0.39, 0.29) is 12.0 Å². The molecule has 1 aliphatic heterocycles. The molecule has 0 spiro atoms. The molecule has 1 aliphatic rings. The van der Waals surface area contributed by atoms with Crippen LogP contribution in [0.15, 0.2) is 73.1 Å². The molecule has 1 fully saturated rings. The van der Waals surface area contributed by atoms with Crippen molar-refractivity contribution < 1.29 is 9.53 Å². The molecule has 1 unspecified atom stereocenters. The molecule has 162 valence electrons. The van der Waals surface area contributed by atoms with Crippen LogP contribution in [0.2, 0.25) is 0 Å². The molecule has 0 aliphatic carbocycles. The van der Waals surface area contributed by atoms with Crippen molar-refractivity contribution in [1.29, 1.82) is 0 Å². The molecule has 2 aromatic heterocycles. The molecule has 7 heteroatoms. The number of hydrogen-bond acceptors (Lipinski definition) is 5. The minimum Gasteiger partial charge on any atom is -0.473 e. The standard InChI is InChI=1S/C25H25N5O2/c31-25(28-21-9-10-23-20(13-21)15-27-29-23)19-8-11-24(26-14-19)32-22-7-4-12-30(17-22)16-18-5-2-1-3-6-18/h1-3,5-6,8-11,13-15,22H,4,7,12,16-17H2,(H,27,29)(H,28,31). The smallest absolute Gasteiger partial charge is 0.257 e. The molecular weight excluding hydrogens is 402 g/mol. The third kappa shape index (κ3) is 4.78. The molecule has 3 heterocycles. The number of nitrogens with one attached hydrogen (secondary N) is 2. The minimum absolute atomic E-state index is 0.0985. The Hall–Kier alpha value is -3.71. The van der Waals surface area contributed by atoms with Gasteiger partial charge in [0.05, 0.1) is 17.3 Å². The lowest BCUT2D eigenvalue weighted by Crippen LogP contribution is -2.40. The summed E-state index contributed by atoms with van der Waals surface area (Å²) in [5, 5.41) is 10.7. The summed E-state index contributed by atoms with van der Waals surface area (Å²) in [6.45, 7) is 2.87. The van der Waals surface area contributed by atoms with Crippen LogP contribution in [-0.2, 0) is 6.54 Å². The molecule has 0 saturated carbocycles. The van der Waals surface area contributed by atoms with Crippen LogP contribution in [0.5, 0.6) is 5.88 Å². The Morgan fingerprint density at radius 1 is 1.12 bits per heavy atom. The second kappa shape index (κ2) is 9.20. The van der Waals surface area contributed by atoms with E-state index in [1.54, 1.807) is 24.5 Å². The number of fused-ring (bicyclic) bond motifs is 1. The molecule has 1 amide bonds. The van der Waals surface area contributed by atoms with Crippen molar-refractivity contribution in [2.75, 3.05) is 18.4 Å². The highest BCUT2D eigenvalue weighted by molar-refractivity contribution is 6.04. The van der Waals surface area contributed by atoms with Crippen molar-refractivity contribution in [1.82, 2.24) is 20.1 Å². The highest BCUT2D eigenvalue weighted by atomic mass is 16.5. The first-order valence-electron chi connectivity index (χ1n) is 10.9. The molecule has 4 aromatic rings. The fraction of sp³-hybridized carbons (Fsp3) is 0.240. The van der Waals surface area contributed by atoms with Crippen LogP contribution in [0.3, 0.4) is 0 Å². The van der Waals surface area contributed by atoms with E-state index in [0.29, 0.717) is 17.1 Å². The largest absolute Gasteiger partial charge is 0.473 e. The second-order valence-electron chi connectivity index (χ2n) is 8.11. The van der Waals surface area contributed by atoms with E-state index >= 15 is 0 Å². The average molecular weight is 428 g/mol. The highest BCUT2D eigenvalue weighted by Gasteiger charge is 2.22. The Bertz CT molecular complexity index is 1190. The quantitative estimate of drug-likeness (QED) is 0.481. The Morgan fingerprint density at radius 2 is 2.03 bits per heavy atom. The lowest BCUT2D eigenvalue weighted by atomic mass is 10.1. The molecule has 7 nitrogen and oxygen atoms in total. The molecule has 2 aromatic carbocycles. The molecule has 1 saturated heterocycles. The predicted octanol–water partition coefficient (Wildman–Crippen LogP) is 4.25. The van der Waals surface area contributed by atoms with Crippen LogP contribution in [0.4, 0.5) is 5.69 Å². The summed E-state index contributed by atoms with van der Waals surface area (Å²) in [5.74, 6) is 0.339. The van der Waals surface area contributed by atoms with Crippen LogP contribution < -0.4 is 10.1 Å². The SMILES string of the molecule is O=C(Nc1ccc2[nH]ncc2c1)c1ccc(OC2CCCN(Cc3ccccc3)C2)nc1. The topological polar surface area (TPSA) is 83.1 Å². The Morgan fingerprint density at radius 3 is 2.88 bits per heavy atom. The highest BCUT2D eigenvalue weighted by Crippen LogP contribution is 2.20. The molecule has 2 N–H and O–H groups in total. The number of pyridine rings is 1. The number of aromatic nitrogens is 3. The van der Waals surface area contributed by atoms with E-state index < -0.39 is 0 Å². The van der Waals surface area contributed by atoms with Gasteiger partial charge in [-0.2, -0.15) is 5.10 Å². The molecule has 1 atom stereocenters. The third-order valence-corrected chi connectivity index (χ3v) is 5.70. The van der Waals surface area contributed by atoms with Crippen molar-refractivity contribution >= 4 is 22.5 Å². The molecular formula is C25H25N5O2. The number of hydrogen-bond donors (Lipinski definition) is 2. The van der Waals surface area contributed by atoms with E-state index in [1.165, 1.54) is 5.56 Å². The number of carbonyl (C=O) groups excluding carboxylic acids is 1. The number of rotatable bonds is 6. The number of carbonyl (C=O) groups is 1. The molecule has 0 radical (unpaired) electrons. The van der Waals surface area contributed by atoms with Gasteiger partial charge >= 0.3 is 0 Å². The van der Waals surface area contributed by atoms with Crippen molar-refractivity contribution in [2.45, 2.75) is 25.5 Å². The van der Waals surface area contributed by atoms with Crippen LogP contribution in [-0.4, -0.2) is 45.2 Å². The first-order valence-corrected chi connectivity index (χ1v) is 10.9. The summed E-state index contributed by atoms with van der Waals surface area (Å²) < 4.78 is 6.12. The molecule has 32 heavy (non-hydrogen) atoms. The lowest BCUT2D eigenvalue weighted by Gasteiger charge is -2.32. The first-order chi connectivity index (χ1) is 15.7. The van der Waals surface area contributed by atoms with E-state index in [0.717, 1.165) is 43.4 Å². The number of ether oxygens (including phenoxy) is 1. The number of nitrogens with zero attached hydrogens (tertiary/aromatic N) is 3. The van der Waals surface area contributed by atoms with Crippen molar-refractivity contribution in [3.05, 3.63) is 84.2 Å². The van der Waals surface area contributed by atoms with Crippen molar-refractivity contribution in [3.63, 3.8) is 0 Å². The first kappa shape index (κ1) is 20.2. The maximum absolute atomic E-state index is 12.6. The number of aromatic amines is 1. The van der Waals surface area contributed by atoms with Crippen LogP contribution in [0.25, 0.3) is 10.9 Å². The van der Waals surface area contributed by atoms with E-state index in [2.05, 4.69) is 49.7 Å². The van der Waals surface area contributed by atoms with Gasteiger partial charge in [0, 0.05) is 36.4 Å². The number of amides is 1. The second-order valence-corrected chi connectivity index (χ2v) is 8.11. The van der Waals surface area contributed by atoms with Gasteiger partial charge in [-0.05, 0) is 49.2 Å². The van der Waals surface area contributed by atoms with Crippen LogP contribution >= 0.6 is 0 Å². The monoisotopic (exact) mass is 427 g/mol. The van der Waals surface area contributed by atoms with Gasteiger partial charge in [0.1, 0.15) is 6.10 Å². The molecule has 5 rings (SSSR count). The zero-order valence-electron chi connectivity index (χ0n) is 17.7. The van der Waals surface area contributed by atoms with E-state index in [9.17, 15) is 4.79 Å². The number of anilines is 1. The maximum Gasteiger partial charge on any atom is 0.257 e. The van der Waals surface area contributed by atoms with E-state index in [4.69, 9.17) is 4.74 Å². The maximum atomic E-state index is 12.6. The normalized spacial score (nSPS) is 16.7. The van der Waals surface area contributed by atoms with Gasteiger partial charge in [0.15, 0.2) is 0 Å². The molecule has 0 bridgehead atoms. The summed E-state index contributed by atoms with van der Waals surface area (Å²) in [6, 6.07) is 19.6. The Labute approximate surface area is 186 Å². The van der Waals surface area contributed by atoms with Gasteiger partial charge in [-0.1, -0.05) is 30.3 Å². The zero-order chi connectivity index (χ0) is 21.8. The average Bonchev–Trinajstić information content (AvgIpc) is 3.28. The van der Waals surface area contributed by atoms with Crippen LogP contribution in [0, 0.1) is 0 Å². The minimum atomic E-state index is -0.210. The Kier molecular flexibility index (Phi) is 5.81. The number of likely N-dealkylation sites (tertiary alicyclic amines) is 1. The van der Waals surface area contributed by atoms with Gasteiger partial charge < -0.3 is 10.1 Å². The number of benzene rings is 2. The summed E-state index contributed by atoms with van der Waals surface area (Å²) in [4.78, 5) is 19.4. The van der Waals surface area contributed by atoms with Crippen LogP contribution in [0.1, 0.15) is 28.8 Å². The van der Waals surface area contributed by atoms with Gasteiger partial charge in [-0.3, -0.25) is 14.8 Å². The van der Waals surface area contributed by atoms with Gasteiger partial charge in [0.25, 0.3) is 5.91 Å². The fourth-order valence-electron chi connectivity index (χ4n) is 4.07. The lowest BCUT2D eigenvalue weighted by molar-refractivity contribution is 0.0808. The van der Waals surface area contributed by atoms with Gasteiger partial charge in [-0.15, -0.1) is 0 Å². The summed E-state index contributed by atoms with van der Waals surface area (Å²) >= 11 is 0.